The minimum Gasteiger partial charge on any atom is -0.444 e. The summed E-state index contributed by atoms with van der Waals surface area (Å²) in [5, 5.41) is 4.10. The molecule has 3 heterocycles. The van der Waals surface area contributed by atoms with E-state index < -0.39 is 5.60 Å². The van der Waals surface area contributed by atoms with Gasteiger partial charge in [0.15, 0.2) is 5.76 Å². The fourth-order valence-corrected chi connectivity index (χ4v) is 2.82. The van der Waals surface area contributed by atoms with E-state index >= 15 is 0 Å². The molecule has 1 amide bonds. The van der Waals surface area contributed by atoms with E-state index in [9.17, 15) is 4.79 Å². The van der Waals surface area contributed by atoms with Crippen molar-refractivity contribution in [3.05, 3.63) is 29.9 Å². The van der Waals surface area contributed by atoms with Crippen molar-refractivity contribution in [2.45, 2.75) is 52.2 Å². The number of carbonyl (C=O) groups is 1. The van der Waals surface area contributed by atoms with Crippen LogP contribution in [0.3, 0.4) is 0 Å². The summed E-state index contributed by atoms with van der Waals surface area (Å²) >= 11 is 0. The fraction of sp³-hybridized carbons (Fsp3) is 0.529. The van der Waals surface area contributed by atoms with Crippen molar-refractivity contribution in [3.8, 4) is 11.4 Å². The Morgan fingerprint density at radius 3 is 2.79 bits per heavy atom. The van der Waals surface area contributed by atoms with Gasteiger partial charge in [0.2, 0.25) is 0 Å². The van der Waals surface area contributed by atoms with Crippen LogP contribution in [0, 0.1) is 6.92 Å². The van der Waals surface area contributed by atoms with Crippen LogP contribution in [-0.2, 0) is 4.74 Å². The quantitative estimate of drug-likeness (QED) is 0.838. The van der Waals surface area contributed by atoms with Crippen LogP contribution in [0.1, 0.15) is 51.1 Å². The number of aromatic nitrogens is 3. The molecule has 1 aliphatic rings. The minimum atomic E-state index is -0.520. The van der Waals surface area contributed by atoms with E-state index in [1.807, 2.05) is 33.8 Å². The maximum atomic E-state index is 12.4. The molecule has 0 radical (unpaired) electrons. The molecule has 2 aromatic heterocycles. The Labute approximate surface area is 141 Å². The molecule has 0 N–H and O–H groups in total. The Balaban J connectivity index is 1.81. The maximum Gasteiger partial charge on any atom is 0.410 e. The standard InChI is InChI=1S/C17H22N4O3/c1-11-15(19-8-7-18-11)12-10-14(24-20-12)13-6-5-9-21(13)16(22)23-17(2,3)4/h7-8,10,13H,5-6,9H2,1-4H3/t13-/m0/s1. The Morgan fingerprint density at radius 2 is 2.08 bits per heavy atom. The minimum absolute atomic E-state index is 0.155. The number of likely N-dealkylation sites (tertiary alicyclic amines) is 1. The van der Waals surface area contributed by atoms with Crippen molar-refractivity contribution in [1.82, 2.24) is 20.0 Å². The summed E-state index contributed by atoms with van der Waals surface area (Å²) < 4.78 is 11.0. The Hall–Kier alpha value is -2.44. The average Bonchev–Trinajstić information content (AvgIpc) is 3.14. The zero-order valence-electron chi connectivity index (χ0n) is 14.4. The van der Waals surface area contributed by atoms with E-state index in [1.165, 1.54) is 0 Å². The first-order valence-electron chi connectivity index (χ1n) is 8.09. The summed E-state index contributed by atoms with van der Waals surface area (Å²) in [6.45, 7) is 8.11. The normalized spacial score (nSPS) is 18.0. The molecule has 0 bridgehead atoms. The second kappa shape index (κ2) is 6.22. The first-order chi connectivity index (χ1) is 11.3. The molecule has 128 valence electrons. The first kappa shape index (κ1) is 16.4. The topological polar surface area (TPSA) is 81.4 Å². The molecule has 1 atom stereocenters. The van der Waals surface area contributed by atoms with Crippen LogP contribution in [0.15, 0.2) is 23.0 Å². The van der Waals surface area contributed by atoms with Gasteiger partial charge in [0.1, 0.15) is 17.0 Å². The number of aryl methyl sites for hydroxylation is 1. The van der Waals surface area contributed by atoms with Crippen LogP contribution < -0.4 is 0 Å². The van der Waals surface area contributed by atoms with Crippen molar-refractivity contribution in [1.29, 1.82) is 0 Å². The van der Waals surface area contributed by atoms with Crippen LogP contribution in [0.5, 0.6) is 0 Å². The van der Waals surface area contributed by atoms with Gasteiger partial charge in [-0.25, -0.2) is 4.79 Å². The number of carbonyl (C=O) groups excluding carboxylic acids is 1. The van der Waals surface area contributed by atoms with E-state index in [0.717, 1.165) is 18.5 Å². The van der Waals surface area contributed by atoms with Gasteiger partial charge < -0.3 is 9.26 Å². The molecule has 2 aromatic rings. The van der Waals surface area contributed by atoms with Crippen LogP contribution in [0.4, 0.5) is 4.79 Å². The highest BCUT2D eigenvalue weighted by Crippen LogP contribution is 2.34. The number of hydrogen-bond acceptors (Lipinski definition) is 6. The van der Waals surface area contributed by atoms with Gasteiger partial charge in [0, 0.05) is 25.0 Å². The average molecular weight is 330 g/mol. The lowest BCUT2D eigenvalue weighted by Gasteiger charge is -2.27. The third-order valence-electron chi connectivity index (χ3n) is 3.86. The number of nitrogens with zero attached hydrogens (tertiary/aromatic N) is 4. The van der Waals surface area contributed by atoms with Crippen molar-refractivity contribution in [3.63, 3.8) is 0 Å². The van der Waals surface area contributed by atoms with Crippen molar-refractivity contribution in [2.24, 2.45) is 0 Å². The maximum absolute atomic E-state index is 12.4. The Kier molecular flexibility index (Phi) is 4.26. The number of amides is 1. The van der Waals surface area contributed by atoms with Gasteiger partial charge in [-0.3, -0.25) is 14.9 Å². The lowest BCUT2D eigenvalue weighted by Crippen LogP contribution is -2.36. The zero-order valence-corrected chi connectivity index (χ0v) is 14.4. The highest BCUT2D eigenvalue weighted by Gasteiger charge is 2.35. The highest BCUT2D eigenvalue weighted by atomic mass is 16.6. The van der Waals surface area contributed by atoms with E-state index in [2.05, 4.69) is 15.1 Å². The van der Waals surface area contributed by atoms with Crippen molar-refractivity contribution >= 4 is 6.09 Å². The summed E-state index contributed by atoms with van der Waals surface area (Å²) in [6.07, 6.45) is 4.68. The molecule has 0 unspecified atom stereocenters. The van der Waals surface area contributed by atoms with Gasteiger partial charge in [-0.2, -0.15) is 0 Å². The summed E-state index contributed by atoms with van der Waals surface area (Å²) in [6, 6.07) is 1.68. The fourth-order valence-electron chi connectivity index (χ4n) is 2.82. The second-order valence-electron chi connectivity index (χ2n) is 6.94. The summed E-state index contributed by atoms with van der Waals surface area (Å²) in [7, 11) is 0. The zero-order chi connectivity index (χ0) is 17.3. The molecule has 24 heavy (non-hydrogen) atoms. The molecule has 7 nitrogen and oxygen atoms in total. The largest absolute Gasteiger partial charge is 0.444 e. The molecule has 1 aliphatic heterocycles. The lowest BCUT2D eigenvalue weighted by molar-refractivity contribution is 0.0204. The van der Waals surface area contributed by atoms with Crippen molar-refractivity contribution in [2.75, 3.05) is 6.54 Å². The molecular weight excluding hydrogens is 308 g/mol. The predicted molar refractivity (Wildman–Crippen MR) is 87.2 cm³/mol. The van der Waals surface area contributed by atoms with Gasteiger partial charge in [-0.15, -0.1) is 0 Å². The van der Waals surface area contributed by atoms with Crippen LogP contribution in [-0.4, -0.2) is 38.3 Å². The summed E-state index contributed by atoms with van der Waals surface area (Å²) in [5.41, 5.74) is 1.59. The monoisotopic (exact) mass is 330 g/mol. The number of hydrogen-bond donors (Lipinski definition) is 0. The molecule has 3 rings (SSSR count). The molecule has 0 aliphatic carbocycles. The first-order valence-corrected chi connectivity index (χ1v) is 8.09. The lowest BCUT2D eigenvalue weighted by atomic mass is 10.1. The molecular formula is C17H22N4O3. The molecule has 1 saturated heterocycles. The smallest absolute Gasteiger partial charge is 0.410 e. The predicted octanol–water partition coefficient (Wildman–Crippen LogP) is 3.51. The van der Waals surface area contributed by atoms with Gasteiger partial charge in [0.25, 0.3) is 0 Å². The van der Waals surface area contributed by atoms with Crippen LogP contribution >= 0.6 is 0 Å². The number of ether oxygens (including phenoxy) is 1. The third kappa shape index (κ3) is 3.39. The number of rotatable bonds is 2. The Bertz CT molecular complexity index is 735. The van der Waals surface area contributed by atoms with Gasteiger partial charge in [-0.1, -0.05) is 5.16 Å². The second-order valence-corrected chi connectivity index (χ2v) is 6.94. The van der Waals surface area contributed by atoms with E-state index in [-0.39, 0.29) is 12.1 Å². The van der Waals surface area contributed by atoms with E-state index in [4.69, 9.17) is 9.26 Å². The summed E-state index contributed by atoms with van der Waals surface area (Å²) in [4.78, 5) is 22.6. The Morgan fingerprint density at radius 1 is 1.33 bits per heavy atom. The van der Waals surface area contributed by atoms with Crippen molar-refractivity contribution < 1.29 is 14.1 Å². The molecule has 0 aromatic carbocycles. The summed E-state index contributed by atoms with van der Waals surface area (Å²) in [5.74, 6) is 0.651. The SMILES string of the molecule is Cc1nccnc1-c1cc([C@@H]2CCCN2C(=O)OC(C)(C)C)on1. The van der Waals surface area contributed by atoms with Crippen LogP contribution in [0.25, 0.3) is 11.4 Å². The van der Waals surface area contributed by atoms with Crippen LogP contribution in [0.2, 0.25) is 0 Å². The third-order valence-corrected chi connectivity index (χ3v) is 3.86. The van der Waals surface area contributed by atoms with Gasteiger partial charge in [-0.05, 0) is 40.5 Å². The molecule has 7 heteroatoms. The van der Waals surface area contributed by atoms with E-state index in [1.54, 1.807) is 17.3 Å². The molecule has 1 fully saturated rings. The van der Waals surface area contributed by atoms with Gasteiger partial charge in [0.05, 0.1) is 11.7 Å². The molecule has 0 spiro atoms. The van der Waals surface area contributed by atoms with Gasteiger partial charge >= 0.3 is 6.09 Å². The highest BCUT2D eigenvalue weighted by molar-refractivity contribution is 5.69. The molecule has 0 saturated carbocycles. The van der Waals surface area contributed by atoms with E-state index in [0.29, 0.717) is 23.7 Å².